The molecule has 1 atom stereocenters. The van der Waals surface area contributed by atoms with E-state index in [1.54, 1.807) is 0 Å². The SMILES string of the molecule is CC(C)N(CCO)CC1Cc2cc(Cl)ccc2O1. The maximum atomic E-state index is 9.07. The molecule has 0 aromatic heterocycles. The standard InChI is InChI=1S/C14H20ClNO2/c1-10(2)16(5-6-17)9-13-8-11-7-12(15)3-4-14(11)18-13/h3-4,7,10,13,17H,5-6,8-9H2,1-2H3. The van der Waals surface area contributed by atoms with Gasteiger partial charge >= 0.3 is 0 Å². The number of halogens is 1. The number of fused-ring (bicyclic) bond motifs is 1. The molecule has 4 heteroatoms. The number of aliphatic hydroxyl groups is 1. The predicted molar refractivity (Wildman–Crippen MR) is 73.4 cm³/mol. The number of rotatable bonds is 5. The van der Waals surface area contributed by atoms with E-state index in [0.717, 1.165) is 23.7 Å². The van der Waals surface area contributed by atoms with Gasteiger partial charge in [0.1, 0.15) is 11.9 Å². The summed E-state index contributed by atoms with van der Waals surface area (Å²) in [6.07, 6.45) is 1.05. The molecular formula is C14H20ClNO2. The van der Waals surface area contributed by atoms with Gasteiger partial charge in [-0.1, -0.05) is 11.6 Å². The Labute approximate surface area is 113 Å². The van der Waals surface area contributed by atoms with Crippen LogP contribution in [0.25, 0.3) is 0 Å². The topological polar surface area (TPSA) is 32.7 Å². The van der Waals surface area contributed by atoms with E-state index in [-0.39, 0.29) is 12.7 Å². The number of aliphatic hydroxyl groups excluding tert-OH is 1. The smallest absolute Gasteiger partial charge is 0.123 e. The van der Waals surface area contributed by atoms with Gasteiger partial charge in [-0.25, -0.2) is 0 Å². The van der Waals surface area contributed by atoms with Crippen molar-refractivity contribution in [2.24, 2.45) is 0 Å². The Morgan fingerprint density at radius 2 is 2.28 bits per heavy atom. The average molecular weight is 270 g/mol. The first kappa shape index (κ1) is 13.7. The van der Waals surface area contributed by atoms with Crippen LogP contribution in [0.2, 0.25) is 5.02 Å². The number of ether oxygens (including phenoxy) is 1. The highest BCUT2D eigenvalue weighted by Crippen LogP contribution is 2.31. The molecule has 0 radical (unpaired) electrons. The Morgan fingerprint density at radius 1 is 1.50 bits per heavy atom. The van der Waals surface area contributed by atoms with Crippen molar-refractivity contribution in [1.29, 1.82) is 0 Å². The van der Waals surface area contributed by atoms with Crippen molar-refractivity contribution in [2.45, 2.75) is 32.4 Å². The second kappa shape index (κ2) is 5.91. The van der Waals surface area contributed by atoms with E-state index in [1.165, 1.54) is 5.56 Å². The van der Waals surface area contributed by atoms with Crippen molar-refractivity contribution < 1.29 is 9.84 Å². The zero-order chi connectivity index (χ0) is 13.1. The fraction of sp³-hybridized carbons (Fsp3) is 0.571. The normalized spacial score (nSPS) is 18.2. The van der Waals surface area contributed by atoms with Gasteiger partial charge in [0.25, 0.3) is 0 Å². The van der Waals surface area contributed by atoms with Gasteiger partial charge in [-0.2, -0.15) is 0 Å². The van der Waals surface area contributed by atoms with E-state index >= 15 is 0 Å². The predicted octanol–water partition coefficient (Wildman–Crippen LogP) is 2.35. The first-order valence-corrected chi connectivity index (χ1v) is 6.78. The summed E-state index contributed by atoms with van der Waals surface area (Å²) in [4.78, 5) is 2.23. The Morgan fingerprint density at radius 3 is 2.94 bits per heavy atom. The second-order valence-electron chi connectivity index (χ2n) is 5.01. The van der Waals surface area contributed by atoms with Crippen LogP contribution in [0.1, 0.15) is 19.4 Å². The Balaban J connectivity index is 1.98. The fourth-order valence-electron chi connectivity index (χ4n) is 2.34. The van der Waals surface area contributed by atoms with Crippen LogP contribution >= 0.6 is 11.6 Å². The largest absolute Gasteiger partial charge is 0.488 e. The van der Waals surface area contributed by atoms with Gasteiger partial charge in [0.05, 0.1) is 6.61 Å². The van der Waals surface area contributed by atoms with Crippen molar-refractivity contribution in [3.05, 3.63) is 28.8 Å². The fourth-order valence-corrected chi connectivity index (χ4v) is 2.54. The molecule has 1 aromatic rings. The van der Waals surface area contributed by atoms with E-state index in [0.29, 0.717) is 12.6 Å². The molecule has 3 nitrogen and oxygen atoms in total. The molecule has 1 aliphatic heterocycles. The quantitative estimate of drug-likeness (QED) is 0.891. The molecular weight excluding hydrogens is 250 g/mol. The van der Waals surface area contributed by atoms with E-state index in [1.807, 2.05) is 18.2 Å². The summed E-state index contributed by atoms with van der Waals surface area (Å²) in [5.41, 5.74) is 1.18. The van der Waals surface area contributed by atoms with Crippen molar-refractivity contribution >= 4 is 11.6 Å². The van der Waals surface area contributed by atoms with Crippen molar-refractivity contribution in [1.82, 2.24) is 4.90 Å². The zero-order valence-corrected chi connectivity index (χ0v) is 11.7. The summed E-state index contributed by atoms with van der Waals surface area (Å²) < 4.78 is 5.91. The van der Waals surface area contributed by atoms with Crippen LogP contribution in [0.4, 0.5) is 0 Å². The molecule has 1 unspecified atom stereocenters. The summed E-state index contributed by atoms with van der Waals surface area (Å²) >= 11 is 5.98. The molecule has 0 amide bonds. The lowest BCUT2D eigenvalue weighted by molar-refractivity contribution is 0.107. The molecule has 1 N–H and O–H groups in total. The molecule has 1 aromatic carbocycles. The lowest BCUT2D eigenvalue weighted by Gasteiger charge is -2.28. The third kappa shape index (κ3) is 3.16. The highest BCUT2D eigenvalue weighted by molar-refractivity contribution is 6.30. The lowest BCUT2D eigenvalue weighted by Crippen LogP contribution is -2.40. The van der Waals surface area contributed by atoms with E-state index in [4.69, 9.17) is 21.4 Å². The van der Waals surface area contributed by atoms with Crippen LogP contribution in [0, 0.1) is 0 Å². The molecule has 0 spiro atoms. The van der Waals surface area contributed by atoms with Crippen molar-refractivity contribution in [2.75, 3.05) is 19.7 Å². The molecule has 0 fully saturated rings. The lowest BCUT2D eigenvalue weighted by atomic mass is 10.1. The minimum atomic E-state index is 0.160. The maximum Gasteiger partial charge on any atom is 0.123 e. The molecule has 100 valence electrons. The van der Waals surface area contributed by atoms with Gasteiger partial charge in [0, 0.05) is 30.6 Å². The summed E-state index contributed by atoms with van der Waals surface area (Å²) in [6.45, 7) is 5.98. The van der Waals surface area contributed by atoms with Gasteiger partial charge in [-0.05, 0) is 37.6 Å². The summed E-state index contributed by atoms with van der Waals surface area (Å²) in [5, 5.41) is 9.83. The van der Waals surface area contributed by atoms with Crippen LogP contribution in [0.15, 0.2) is 18.2 Å². The summed E-state index contributed by atoms with van der Waals surface area (Å²) in [6, 6.07) is 6.18. The minimum Gasteiger partial charge on any atom is -0.488 e. The third-order valence-corrected chi connectivity index (χ3v) is 3.55. The van der Waals surface area contributed by atoms with Crippen LogP contribution in [-0.4, -0.2) is 41.8 Å². The van der Waals surface area contributed by atoms with Gasteiger partial charge in [0.15, 0.2) is 0 Å². The maximum absolute atomic E-state index is 9.07. The number of nitrogens with zero attached hydrogens (tertiary/aromatic N) is 1. The van der Waals surface area contributed by atoms with E-state index < -0.39 is 0 Å². The van der Waals surface area contributed by atoms with Crippen LogP contribution in [0.3, 0.4) is 0 Å². The number of hydrogen-bond acceptors (Lipinski definition) is 3. The third-order valence-electron chi connectivity index (χ3n) is 3.32. The van der Waals surface area contributed by atoms with Crippen LogP contribution in [-0.2, 0) is 6.42 Å². The molecule has 0 saturated heterocycles. The summed E-state index contributed by atoms with van der Waals surface area (Å²) in [7, 11) is 0. The highest BCUT2D eigenvalue weighted by Gasteiger charge is 2.25. The van der Waals surface area contributed by atoms with Gasteiger partial charge in [-0.15, -0.1) is 0 Å². The van der Waals surface area contributed by atoms with Gasteiger partial charge in [-0.3, -0.25) is 4.90 Å². The Kier molecular flexibility index (Phi) is 4.49. The highest BCUT2D eigenvalue weighted by atomic mass is 35.5. The first-order chi connectivity index (χ1) is 8.60. The van der Waals surface area contributed by atoms with E-state index in [2.05, 4.69) is 18.7 Å². The molecule has 18 heavy (non-hydrogen) atoms. The number of benzene rings is 1. The van der Waals surface area contributed by atoms with Crippen molar-refractivity contribution in [3.63, 3.8) is 0 Å². The average Bonchev–Trinajstić information content (AvgIpc) is 2.69. The Hall–Kier alpha value is -0.770. The minimum absolute atomic E-state index is 0.160. The van der Waals surface area contributed by atoms with Gasteiger partial charge < -0.3 is 9.84 Å². The molecule has 1 aliphatic rings. The molecule has 0 aliphatic carbocycles. The second-order valence-corrected chi connectivity index (χ2v) is 5.44. The monoisotopic (exact) mass is 269 g/mol. The van der Waals surface area contributed by atoms with Crippen LogP contribution < -0.4 is 4.74 Å². The van der Waals surface area contributed by atoms with Crippen molar-refractivity contribution in [3.8, 4) is 5.75 Å². The summed E-state index contributed by atoms with van der Waals surface area (Å²) in [5.74, 6) is 0.942. The first-order valence-electron chi connectivity index (χ1n) is 6.40. The molecule has 0 bridgehead atoms. The van der Waals surface area contributed by atoms with Crippen LogP contribution in [0.5, 0.6) is 5.75 Å². The molecule has 1 heterocycles. The zero-order valence-electron chi connectivity index (χ0n) is 10.9. The molecule has 2 rings (SSSR count). The molecule has 0 saturated carbocycles. The van der Waals surface area contributed by atoms with Gasteiger partial charge in [0.2, 0.25) is 0 Å². The Bertz CT molecular complexity index is 409. The number of hydrogen-bond donors (Lipinski definition) is 1. The van der Waals surface area contributed by atoms with E-state index in [9.17, 15) is 0 Å².